The van der Waals surface area contributed by atoms with Crippen LogP contribution in [0.25, 0.3) is 0 Å². The molecule has 2 N–H and O–H groups in total. The molecule has 4 rings (SSSR count). The van der Waals surface area contributed by atoms with Crippen molar-refractivity contribution in [1.29, 1.82) is 0 Å². The minimum absolute atomic E-state index is 0.134. The van der Waals surface area contributed by atoms with Crippen LogP contribution in [0, 0.1) is 0 Å². The fourth-order valence-corrected chi connectivity index (χ4v) is 2.96. The second-order valence-corrected chi connectivity index (χ2v) is 5.74. The maximum Gasteiger partial charge on any atom is 0.276 e. The quantitative estimate of drug-likeness (QED) is 0.885. The molecule has 1 fully saturated rings. The molecule has 0 bridgehead atoms. The molecule has 7 heteroatoms. The third-order valence-corrected chi connectivity index (χ3v) is 4.07. The van der Waals surface area contributed by atoms with Crippen molar-refractivity contribution < 1.29 is 14.3 Å². The van der Waals surface area contributed by atoms with Crippen LogP contribution in [0.2, 0.25) is 0 Å². The Kier molecular flexibility index (Phi) is 3.07. The van der Waals surface area contributed by atoms with Gasteiger partial charge in [-0.25, -0.2) is 5.10 Å². The van der Waals surface area contributed by atoms with Crippen LogP contribution in [0.15, 0.2) is 35.1 Å². The zero-order valence-electron chi connectivity index (χ0n) is 12.3. The first kappa shape index (κ1) is 13.8. The molecule has 1 aliphatic heterocycles. The molecule has 0 radical (unpaired) electrons. The molecule has 0 saturated heterocycles. The summed E-state index contributed by atoms with van der Waals surface area (Å²) in [6, 6.07) is 7.91. The number of benzene rings is 1. The van der Waals surface area contributed by atoms with Crippen molar-refractivity contribution in [3.8, 4) is 11.5 Å². The summed E-state index contributed by atoms with van der Waals surface area (Å²) < 4.78 is 11.9. The van der Waals surface area contributed by atoms with Gasteiger partial charge in [-0.05, 0) is 31.0 Å². The van der Waals surface area contributed by atoms with Gasteiger partial charge in [-0.1, -0.05) is 0 Å². The zero-order chi connectivity index (χ0) is 15.9. The first-order valence-electron chi connectivity index (χ1n) is 7.53. The second kappa shape index (κ2) is 5.12. The second-order valence-electron chi connectivity index (χ2n) is 5.74. The molecule has 2 heterocycles. The number of carbonyl (C=O) groups excluding carboxylic acids is 1. The lowest BCUT2D eigenvalue weighted by Gasteiger charge is -2.21. The number of carbonyl (C=O) groups is 1. The van der Waals surface area contributed by atoms with E-state index in [2.05, 4.69) is 15.5 Å². The largest absolute Gasteiger partial charge is 0.448 e. The molecule has 118 valence electrons. The highest BCUT2D eigenvalue weighted by atomic mass is 16.7. The van der Waals surface area contributed by atoms with Crippen molar-refractivity contribution in [2.24, 2.45) is 0 Å². The van der Waals surface area contributed by atoms with Gasteiger partial charge in [0.05, 0.1) is 0 Å². The molecule has 7 nitrogen and oxygen atoms in total. The molecule has 2 aliphatic rings. The predicted molar refractivity (Wildman–Crippen MR) is 81.7 cm³/mol. The maximum absolute atomic E-state index is 12.1. The van der Waals surface area contributed by atoms with Gasteiger partial charge in [0.2, 0.25) is 0 Å². The average molecular weight is 313 g/mol. The maximum atomic E-state index is 12.1. The van der Waals surface area contributed by atoms with Crippen molar-refractivity contribution in [2.75, 3.05) is 5.32 Å². The molecular weight excluding hydrogens is 298 g/mol. The topological polar surface area (TPSA) is 93.3 Å². The van der Waals surface area contributed by atoms with Crippen LogP contribution in [-0.4, -0.2) is 21.9 Å². The zero-order valence-corrected chi connectivity index (χ0v) is 12.3. The Hall–Kier alpha value is -2.83. The number of H-pyrrole nitrogens is 1. The summed E-state index contributed by atoms with van der Waals surface area (Å²) in [5.41, 5.74) is 0.362. The number of hydrogen-bond acceptors (Lipinski definition) is 5. The van der Waals surface area contributed by atoms with Crippen molar-refractivity contribution >= 4 is 11.6 Å². The number of ether oxygens (including phenoxy) is 2. The molecule has 1 aromatic carbocycles. The van der Waals surface area contributed by atoms with E-state index in [0.29, 0.717) is 17.2 Å². The third kappa shape index (κ3) is 2.54. The van der Waals surface area contributed by atoms with Crippen LogP contribution in [0.3, 0.4) is 0 Å². The van der Waals surface area contributed by atoms with Crippen molar-refractivity contribution in [1.82, 2.24) is 10.2 Å². The molecule has 1 aromatic heterocycles. The number of aromatic nitrogens is 2. The van der Waals surface area contributed by atoms with E-state index in [1.807, 2.05) is 0 Å². The van der Waals surface area contributed by atoms with E-state index in [-0.39, 0.29) is 11.3 Å². The Morgan fingerprint density at radius 1 is 1.13 bits per heavy atom. The Balaban J connectivity index is 1.52. The van der Waals surface area contributed by atoms with E-state index < -0.39 is 11.7 Å². The minimum Gasteiger partial charge on any atom is -0.448 e. The number of aromatic amines is 1. The normalized spacial score (nSPS) is 17.4. The predicted octanol–water partition coefficient (Wildman–Crippen LogP) is 2.06. The number of nitrogens with one attached hydrogen (secondary N) is 2. The molecule has 2 aromatic rings. The van der Waals surface area contributed by atoms with Crippen LogP contribution in [0.4, 0.5) is 5.69 Å². The summed E-state index contributed by atoms with van der Waals surface area (Å²) >= 11 is 0. The Morgan fingerprint density at radius 3 is 2.65 bits per heavy atom. The summed E-state index contributed by atoms with van der Waals surface area (Å²) in [6.45, 7) is 0. The first-order chi connectivity index (χ1) is 11.1. The Labute approximate surface area is 131 Å². The van der Waals surface area contributed by atoms with Gasteiger partial charge in [-0.2, -0.15) is 5.10 Å². The van der Waals surface area contributed by atoms with E-state index >= 15 is 0 Å². The number of rotatable bonds is 2. The lowest BCUT2D eigenvalue weighted by atomic mass is 10.2. The van der Waals surface area contributed by atoms with Crippen molar-refractivity contribution in [2.45, 2.75) is 31.5 Å². The van der Waals surface area contributed by atoms with Gasteiger partial charge >= 0.3 is 0 Å². The molecular formula is C16H15N3O4. The van der Waals surface area contributed by atoms with E-state index in [1.54, 1.807) is 18.2 Å². The van der Waals surface area contributed by atoms with E-state index in [0.717, 1.165) is 25.7 Å². The van der Waals surface area contributed by atoms with Gasteiger partial charge in [0, 0.05) is 30.7 Å². The standard InChI is InChI=1S/C16H15N3O4/c20-14-6-4-11(18-19-14)15(21)17-10-3-5-12-13(9-10)23-16(22-12)7-1-2-8-16/h3-6,9H,1-2,7-8H2,(H,17,21)(H,19,20). The van der Waals surface area contributed by atoms with Crippen LogP contribution in [-0.2, 0) is 0 Å². The average Bonchev–Trinajstić information content (AvgIpc) is 3.14. The highest BCUT2D eigenvalue weighted by Gasteiger charge is 2.44. The minimum atomic E-state index is -0.522. The fourth-order valence-electron chi connectivity index (χ4n) is 2.96. The molecule has 0 atom stereocenters. The molecule has 0 unspecified atom stereocenters. The monoisotopic (exact) mass is 313 g/mol. The van der Waals surface area contributed by atoms with Gasteiger partial charge in [0.25, 0.3) is 17.3 Å². The summed E-state index contributed by atoms with van der Waals surface area (Å²) in [4.78, 5) is 23.1. The number of amides is 1. The van der Waals surface area contributed by atoms with E-state index in [1.165, 1.54) is 12.1 Å². The van der Waals surface area contributed by atoms with Crippen LogP contribution in [0.5, 0.6) is 11.5 Å². The van der Waals surface area contributed by atoms with Gasteiger partial charge in [0.15, 0.2) is 11.5 Å². The lowest BCUT2D eigenvalue weighted by Crippen LogP contribution is -2.34. The molecule has 23 heavy (non-hydrogen) atoms. The SMILES string of the molecule is O=C(Nc1ccc2c(c1)OC1(CCCC1)O2)c1ccc(=O)[nH]n1. The molecule has 1 amide bonds. The summed E-state index contributed by atoms with van der Waals surface area (Å²) in [7, 11) is 0. The van der Waals surface area contributed by atoms with Crippen molar-refractivity contribution in [3.63, 3.8) is 0 Å². The van der Waals surface area contributed by atoms with Crippen molar-refractivity contribution in [3.05, 3.63) is 46.4 Å². The number of nitrogens with zero attached hydrogens (tertiary/aromatic N) is 1. The van der Waals surface area contributed by atoms with Gasteiger partial charge in [0.1, 0.15) is 5.69 Å². The van der Waals surface area contributed by atoms with Crippen LogP contribution < -0.4 is 20.3 Å². The molecule has 1 saturated carbocycles. The lowest BCUT2D eigenvalue weighted by molar-refractivity contribution is -0.0716. The number of fused-ring (bicyclic) bond motifs is 1. The summed E-state index contributed by atoms with van der Waals surface area (Å²) in [6.07, 6.45) is 3.94. The van der Waals surface area contributed by atoms with E-state index in [9.17, 15) is 9.59 Å². The van der Waals surface area contributed by atoms with E-state index in [4.69, 9.17) is 9.47 Å². The number of anilines is 1. The highest BCUT2D eigenvalue weighted by Crippen LogP contribution is 2.47. The van der Waals surface area contributed by atoms with Crippen LogP contribution in [0.1, 0.15) is 36.2 Å². The third-order valence-electron chi connectivity index (χ3n) is 4.07. The number of hydrogen-bond donors (Lipinski definition) is 2. The molecule has 1 aliphatic carbocycles. The Morgan fingerprint density at radius 2 is 1.91 bits per heavy atom. The van der Waals surface area contributed by atoms with Crippen LogP contribution >= 0.6 is 0 Å². The first-order valence-corrected chi connectivity index (χ1v) is 7.53. The Bertz CT molecular complexity index is 804. The summed E-state index contributed by atoms with van der Waals surface area (Å²) in [5, 5.41) is 8.66. The van der Waals surface area contributed by atoms with Gasteiger partial charge in [-0.15, -0.1) is 0 Å². The van der Waals surface area contributed by atoms with Gasteiger partial charge < -0.3 is 14.8 Å². The molecule has 1 spiro atoms. The van der Waals surface area contributed by atoms with Gasteiger partial charge in [-0.3, -0.25) is 9.59 Å². The fraction of sp³-hybridized carbons (Fsp3) is 0.312. The highest BCUT2D eigenvalue weighted by molar-refractivity contribution is 6.02. The smallest absolute Gasteiger partial charge is 0.276 e. The summed E-state index contributed by atoms with van der Waals surface area (Å²) in [5.74, 6) is 0.410.